The van der Waals surface area contributed by atoms with Gasteiger partial charge in [0.15, 0.2) is 0 Å². The van der Waals surface area contributed by atoms with E-state index in [1.165, 1.54) is 4.90 Å². The molecular formula is C34H36N4O4. The first-order valence-electron chi connectivity index (χ1n) is 14.8. The first kappa shape index (κ1) is 27.7. The number of urea groups is 1. The van der Waals surface area contributed by atoms with Gasteiger partial charge in [-0.25, -0.2) is 9.69 Å². The van der Waals surface area contributed by atoms with Crippen LogP contribution in [-0.4, -0.2) is 53.5 Å². The van der Waals surface area contributed by atoms with E-state index in [2.05, 4.69) is 23.3 Å². The maximum atomic E-state index is 14.3. The van der Waals surface area contributed by atoms with Gasteiger partial charge in [0.05, 0.1) is 11.3 Å². The van der Waals surface area contributed by atoms with Crippen molar-refractivity contribution < 1.29 is 19.1 Å². The number of aromatic amines is 1. The van der Waals surface area contributed by atoms with Gasteiger partial charge in [0, 0.05) is 42.8 Å². The molecule has 0 saturated carbocycles. The zero-order valence-corrected chi connectivity index (χ0v) is 24.1. The molecule has 0 radical (unpaired) electrons. The molecule has 0 bridgehead atoms. The number of aryl methyl sites for hydroxylation is 1. The molecule has 6 rings (SSSR count). The Labute approximate surface area is 245 Å². The molecule has 2 N–H and O–H groups in total. The molecule has 0 aliphatic carbocycles. The van der Waals surface area contributed by atoms with E-state index in [1.54, 1.807) is 29.2 Å². The zero-order valence-electron chi connectivity index (χ0n) is 24.1. The number of ether oxygens (including phenoxy) is 1. The normalized spacial score (nSPS) is 18.0. The van der Waals surface area contributed by atoms with Crippen molar-refractivity contribution in [3.63, 3.8) is 0 Å². The minimum atomic E-state index is -0.688. The number of para-hydroxylation sites is 2. The van der Waals surface area contributed by atoms with Gasteiger partial charge >= 0.3 is 6.03 Å². The van der Waals surface area contributed by atoms with E-state index < -0.39 is 18.1 Å². The van der Waals surface area contributed by atoms with E-state index >= 15 is 0 Å². The summed E-state index contributed by atoms with van der Waals surface area (Å²) in [6, 6.07) is 21.4. The second kappa shape index (κ2) is 11.8. The number of fused-ring (bicyclic) bond motifs is 4. The molecule has 3 aromatic carbocycles. The fourth-order valence-electron chi connectivity index (χ4n) is 6.07. The number of rotatable bonds is 10. The zero-order chi connectivity index (χ0) is 29.2. The predicted molar refractivity (Wildman–Crippen MR) is 163 cm³/mol. The highest BCUT2D eigenvalue weighted by molar-refractivity contribution is 6.24. The highest BCUT2D eigenvalue weighted by atomic mass is 16.5. The SMILES string of the molecule is CCCCOCCCNC(=O)c1ccccc1N1C(=O)[C@@H]2Cc3c([nH]c4ccccc34)C(c3ccc(C)cc3)N2C1=O. The first-order chi connectivity index (χ1) is 20.5. The molecule has 1 aromatic heterocycles. The minimum absolute atomic E-state index is 0.293. The lowest BCUT2D eigenvalue weighted by Crippen LogP contribution is -2.44. The second-order valence-corrected chi connectivity index (χ2v) is 11.1. The van der Waals surface area contributed by atoms with E-state index in [1.807, 2.05) is 49.4 Å². The molecule has 42 heavy (non-hydrogen) atoms. The molecule has 4 aromatic rings. The van der Waals surface area contributed by atoms with E-state index in [9.17, 15) is 14.4 Å². The van der Waals surface area contributed by atoms with E-state index in [0.29, 0.717) is 43.9 Å². The van der Waals surface area contributed by atoms with Gasteiger partial charge < -0.3 is 15.0 Å². The summed E-state index contributed by atoms with van der Waals surface area (Å²) in [5, 5.41) is 3.99. The van der Waals surface area contributed by atoms with Crippen LogP contribution in [0.4, 0.5) is 10.5 Å². The molecule has 2 aliphatic rings. The summed E-state index contributed by atoms with van der Waals surface area (Å²) >= 11 is 0. The number of aromatic nitrogens is 1. The van der Waals surface area contributed by atoms with Gasteiger partial charge in [-0.3, -0.25) is 14.5 Å². The Balaban J connectivity index is 1.31. The van der Waals surface area contributed by atoms with Crippen LogP contribution in [0.2, 0.25) is 0 Å². The Morgan fingerprint density at radius 1 is 0.976 bits per heavy atom. The quantitative estimate of drug-likeness (QED) is 0.185. The lowest BCUT2D eigenvalue weighted by atomic mass is 9.88. The largest absolute Gasteiger partial charge is 0.381 e. The van der Waals surface area contributed by atoms with Gasteiger partial charge in [-0.2, -0.15) is 0 Å². The van der Waals surface area contributed by atoms with Crippen molar-refractivity contribution in [1.82, 2.24) is 15.2 Å². The highest BCUT2D eigenvalue weighted by Gasteiger charge is 2.53. The molecule has 216 valence electrons. The summed E-state index contributed by atoms with van der Waals surface area (Å²) in [6.45, 7) is 5.86. The number of unbranched alkanes of at least 4 members (excludes halogenated alkanes) is 1. The van der Waals surface area contributed by atoms with E-state index in [0.717, 1.165) is 46.1 Å². The first-order valence-corrected chi connectivity index (χ1v) is 14.8. The summed E-state index contributed by atoms with van der Waals surface area (Å²) in [4.78, 5) is 48.1. The minimum Gasteiger partial charge on any atom is -0.381 e. The predicted octanol–water partition coefficient (Wildman–Crippen LogP) is 5.90. The number of carbonyl (C=O) groups excluding carboxylic acids is 3. The molecule has 1 unspecified atom stereocenters. The van der Waals surface area contributed by atoms with Crippen LogP contribution in [-0.2, 0) is 16.0 Å². The van der Waals surface area contributed by atoms with Gasteiger partial charge in [0.25, 0.3) is 11.8 Å². The number of nitrogens with one attached hydrogen (secondary N) is 2. The number of hydrogen-bond acceptors (Lipinski definition) is 4. The summed E-state index contributed by atoms with van der Waals surface area (Å²) in [7, 11) is 0. The maximum Gasteiger partial charge on any atom is 0.332 e. The smallest absolute Gasteiger partial charge is 0.332 e. The van der Waals surface area contributed by atoms with Crippen LogP contribution in [0.3, 0.4) is 0 Å². The van der Waals surface area contributed by atoms with Crippen LogP contribution in [0.1, 0.15) is 65.0 Å². The Hall–Kier alpha value is -4.43. The van der Waals surface area contributed by atoms with Crippen LogP contribution >= 0.6 is 0 Å². The number of anilines is 1. The third-order valence-electron chi connectivity index (χ3n) is 8.23. The lowest BCUT2D eigenvalue weighted by Gasteiger charge is -2.36. The van der Waals surface area contributed by atoms with Crippen molar-refractivity contribution in [2.45, 2.75) is 51.6 Å². The number of imide groups is 1. The van der Waals surface area contributed by atoms with E-state index in [4.69, 9.17) is 4.74 Å². The third-order valence-corrected chi connectivity index (χ3v) is 8.23. The Bertz CT molecular complexity index is 1630. The summed E-state index contributed by atoms with van der Waals surface area (Å²) in [6.07, 6.45) is 3.17. The number of carbonyl (C=O) groups is 3. The Kier molecular flexibility index (Phi) is 7.80. The van der Waals surface area contributed by atoms with Crippen LogP contribution in [0, 0.1) is 6.92 Å². The van der Waals surface area contributed by atoms with Crippen molar-refractivity contribution in [2.75, 3.05) is 24.7 Å². The average Bonchev–Trinajstić information content (AvgIpc) is 3.50. The van der Waals surface area contributed by atoms with Crippen LogP contribution in [0.25, 0.3) is 10.9 Å². The fraction of sp³-hybridized carbons (Fsp3) is 0.324. The average molecular weight is 565 g/mol. The number of nitrogens with zero attached hydrogens (tertiary/aromatic N) is 2. The van der Waals surface area contributed by atoms with Crippen LogP contribution < -0.4 is 10.2 Å². The van der Waals surface area contributed by atoms with Crippen molar-refractivity contribution in [1.29, 1.82) is 0 Å². The van der Waals surface area contributed by atoms with Gasteiger partial charge in [0.1, 0.15) is 12.1 Å². The number of amides is 4. The summed E-state index contributed by atoms with van der Waals surface area (Å²) < 4.78 is 5.59. The van der Waals surface area contributed by atoms with Crippen molar-refractivity contribution >= 4 is 34.4 Å². The van der Waals surface area contributed by atoms with E-state index in [-0.39, 0.29) is 11.8 Å². The Morgan fingerprint density at radius 3 is 2.52 bits per heavy atom. The molecule has 3 heterocycles. The van der Waals surface area contributed by atoms with Crippen molar-refractivity contribution in [3.05, 3.63) is 101 Å². The molecule has 2 atom stereocenters. The topological polar surface area (TPSA) is 94.7 Å². The fourth-order valence-corrected chi connectivity index (χ4v) is 6.07. The summed E-state index contributed by atoms with van der Waals surface area (Å²) in [5.41, 5.74) is 5.58. The molecule has 2 aliphatic heterocycles. The van der Waals surface area contributed by atoms with Gasteiger partial charge in [0.2, 0.25) is 0 Å². The Morgan fingerprint density at radius 2 is 1.71 bits per heavy atom. The van der Waals surface area contributed by atoms with Crippen LogP contribution in [0.15, 0.2) is 72.8 Å². The number of hydrogen-bond donors (Lipinski definition) is 2. The monoisotopic (exact) mass is 564 g/mol. The molecule has 4 amide bonds. The second-order valence-electron chi connectivity index (χ2n) is 11.1. The molecule has 8 nitrogen and oxygen atoms in total. The molecule has 1 fully saturated rings. The van der Waals surface area contributed by atoms with Crippen molar-refractivity contribution in [2.24, 2.45) is 0 Å². The third kappa shape index (κ3) is 4.96. The van der Waals surface area contributed by atoms with Crippen molar-refractivity contribution in [3.8, 4) is 0 Å². The molecular weight excluding hydrogens is 528 g/mol. The van der Waals surface area contributed by atoms with Gasteiger partial charge in [-0.1, -0.05) is 73.5 Å². The maximum absolute atomic E-state index is 14.3. The summed E-state index contributed by atoms with van der Waals surface area (Å²) in [5.74, 6) is -0.645. The standard InChI is InChI=1S/C34H36N4O4/c1-3-4-19-42-20-9-18-35-32(39)25-11-6-8-13-28(25)38-33(40)29-21-26-24-10-5-7-12-27(24)36-30(26)31(37(29)34(38)41)23-16-14-22(2)15-17-23/h5-8,10-17,29,31,36H,3-4,9,18-21H2,1-2H3,(H,35,39)/t29-,31?/m0/s1. The number of H-pyrrole nitrogens is 1. The van der Waals surface area contributed by atoms with Crippen LogP contribution in [0.5, 0.6) is 0 Å². The molecule has 8 heteroatoms. The van der Waals surface area contributed by atoms with Gasteiger partial charge in [-0.15, -0.1) is 0 Å². The highest BCUT2D eigenvalue weighted by Crippen LogP contribution is 2.45. The molecule has 1 saturated heterocycles. The number of benzene rings is 3. The lowest BCUT2D eigenvalue weighted by molar-refractivity contribution is -0.120. The molecule has 0 spiro atoms. The van der Waals surface area contributed by atoms with Gasteiger partial charge in [-0.05, 0) is 49.1 Å².